The molecule has 0 atom stereocenters. The van der Waals surface area contributed by atoms with Crippen LogP contribution in [0.2, 0.25) is 0 Å². The Kier molecular flexibility index (Phi) is 4.45. The molecule has 0 amide bonds. The third-order valence-corrected chi connectivity index (χ3v) is 3.75. The van der Waals surface area contributed by atoms with Crippen molar-refractivity contribution in [2.45, 2.75) is 6.61 Å². The molecule has 0 radical (unpaired) electrons. The third kappa shape index (κ3) is 3.35. The van der Waals surface area contributed by atoms with E-state index in [1.807, 2.05) is 24.3 Å². The van der Waals surface area contributed by atoms with Gasteiger partial charge in [-0.3, -0.25) is 0 Å². The van der Waals surface area contributed by atoms with Crippen molar-refractivity contribution in [3.8, 4) is 5.75 Å². The molecular weight excluding hydrogens is 426 g/mol. The van der Waals surface area contributed by atoms with Gasteiger partial charge in [-0.05, 0) is 75.0 Å². The highest BCUT2D eigenvalue weighted by molar-refractivity contribution is 14.1. The maximum atomic E-state index is 5.75. The van der Waals surface area contributed by atoms with Crippen molar-refractivity contribution in [2.24, 2.45) is 0 Å². The van der Waals surface area contributed by atoms with E-state index in [1.54, 1.807) is 0 Å². The maximum absolute atomic E-state index is 5.75. The summed E-state index contributed by atoms with van der Waals surface area (Å²) in [4.78, 5) is 0. The van der Waals surface area contributed by atoms with E-state index in [-0.39, 0.29) is 0 Å². The zero-order chi connectivity index (χ0) is 11.4. The van der Waals surface area contributed by atoms with Gasteiger partial charge >= 0.3 is 0 Å². The summed E-state index contributed by atoms with van der Waals surface area (Å²) in [5.74, 6) is 0.946. The summed E-state index contributed by atoms with van der Waals surface area (Å²) in [6.45, 7) is 0.622. The number of para-hydroxylation sites is 1. The van der Waals surface area contributed by atoms with Crippen LogP contribution in [0.1, 0.15) is 5.56 Å². The standard InChI is InChI=1S/C13H10I2O/c14-11-7-5-10(6-8-11)9-16-13-4-2-1-3-12(13)15/h1-8H,9H2. The van der Waals surface area contributed by atoms with Crippen molar-refractivity contribution in [3.05, 3.63) is 61.2 Å². The number of hydrogen-bond acceptors (Lipinski definition) is 1. The van der Waals surface area contributed by atoms with Gasteiger partial charge in [0.15, 0.2) is 0 Å². The van der Waals surface area contributed by atoms with Crippen molar-refractivity contribution < 1.29 is 4.74 Å². The highest BCUT2D eigenvalue weighted by Gasteiger charge is 1.99. The Morgan fingerprint density at radius 2 is 1.56 bits per heavy atom. The molecule has 2 aromatic rings. The molecule has 0 aromatic heterocycles. The van der Waals surface area contributed by atoms with E-state index in [4.69, 9.17) is 4.74 Å². The van der Waals surface area contributed by atoms with Crippen LogP contribution in [-0.2, 0) is 6.61 Å². The van der Waals surface area contributed by atoms with Gasteiger partial charge in [-0.25, -0.2) is 0 Å². The van der Waals surface area contributed by atoms with E-state index >= 15 is 0 Å². The van der Waals surface area contributed by atoms with Crippen LogP contribution in [0.5, 0.6) is 5.75 Å². The van der Waals surface area contributed by atoms with Gasteiger partial charge in [0, 0.05) is 3.57 Å². The van der Waals surface area contributed by atoms with Gasteiger partial charge in [-0.2, -0.15) is 0 Å². The van der Waals surface area contributed by atoms with Crippen LogP contribution in [0.4, 0.5) is 0 Å². The monoisotopic (exact) mass is 436 g/mol. The minimum absolute atomic E-state index is 0.622. The Labute approximate surface area is 122 Å². The number of ether oxygens (including phenoxy) is 1. The molecule has 0 aliphatic rings. The fraction of sp³-hybridized carbons (Fsp3) is 0.0769. The molecule has 0 aliphatic heterocycles. The molecule has 0 N–H and O–H groups in total. The van der Waals surface area contributed by atoms with Crippen LogP contribution in [0.25, 0.3) is 0 Å². The number of halogens is 2. The first kappa shape index (κ1) is 12.2. The predicted molar refractivity (Wildman–Crippen MR) is 82.7 cm³/mol. The summed E-state index contributed by atoms with van der Waals surface area (Å²) in [6, 6.07) is 16.4. The summed E-state index contributed by atoms with van der Waals surface area (Å²) >= 11 is 4.58. The molecule has 0 fully saturated rings. The van der Waals surface area contributed by atoms with Gasteiger partial charge in [-0.15, -0.1) is 0 Å². The summed E-state index contributed by atoms with van der Waals surface area (Å²) in [7, 11) is 0. The number of benzene rings is 2. The zero-order valence-corrected chi connectivity index (χ0v) is 12.8. The molecule has 0 unspecified atom stereocenters. The average Bonchev–Trinajstić information content (AvgIpc) is 2.30. The Bertz CT molecular complexity index is 466. The normalized spacial score (nSPS) is 10.1. The van der Waals surface area contributed by atoms with Gasteiger partial charge in [0.05, 0.1) is 3.57 Å². The van der Waals surface area contributed by atoms with Crippen molar-refractivity contribution in [2.75, 3.05) is 0 Å². The summed E-state index contributed by atoms with van der Waals surface area (Å²) in [5, 5.41) is 0. The third-order valence-electron chi connectivity index (χ3n) is 2.14. The molecule has 0 spiro atoms. The summed E-state index contributed by atoms with van der Waals surface area (Å²) in [5.41, 5.74) is 1.19. The highest BCUT2D eigenvalue weighted by atomic mass is 127. The fourth-order valence-corrected chi connectivity index (χ4v) is 2.21. The second kappa shape index (κ2) is 5.86. The minimum atomic E-state index is 0.622. The SMILES string of the molecule is Ic1ccc(COc2ccccc2I)cc1. The molecule has 2 rings (SSSR count). The first-order valence-electron chi connectivity index (χ1n) is 4.87. The maximum Gasteiger partial charge on any atom is 0.133 e. The number of rotatable bonds is 3. The van der Waals surface area contributed by atoms with Crippen LogP contribution in [0, 0.1) is 7.14 Å². The second-order valence-electron chi connectivity index (χ2n) is 3.35. The lowest BCUT2D eigenvalue weighted by atomic mass is 10.2. The van der Waals surface area contributed by atoms with Gasteiger partial charge in [0.1, 0.15) is 12.4 Å². The van der Waals surface area contributed by atoms with E-state index < -0.39 is 0 Å². The van der Waals surface area contributed by atoms with E-state index in [0.29, 0.717) is 6.61 Å². The van der Waals surface area contributed by atoms with Crippen molar-refractivity contribution >= 4 is 45.2 Å². The fourth-order valence-electron chi connectivity index (χ4n) is 1.30. The topological polar surface area (TPSA) is 9.23 Å². The second-order valence-corrected chi connectivity index (χ2v) is 5.75. The van der Waals surface area contributed by atoms with Crippen molar-refractivity contribution in [1.82, 2.24) is 0 Å². The zero-order valence-electron chi connectivity index (χ0n) is 8.49. The molecular formula is C13H10I2O. The molecule has 0 heterocycles. The molecule has 3 heteroatoms. The van der Waals surface area contributed by atoms with Gasteiger partial charge < -0.3 is 4.74 Å². The lowest BCUT2D eigenvalue weighted by molar-refractivity contribution is 0.304. The largest absolute Gasteiger partial charge is 0.488 e. The van der Waals surface area contributed by atoms with Crippen LogP contribution >= 0.6 is 45.2 Å². The minimum Gasteiger partial charge on any atom is -0.488 e. The predicted octanol–water partition coefficient (Wildman–Crippen LogP) is 4.47. The molecule has 0 aliphatic carbocycles. The smallest absolute Gasteiger partial charge is 0.133 e. The van der Waals surface area contributed by atoms with Gasteiger partial charge in [0.25, 0.3) is 0 Å². The molecule has 16 heavy (non-hydrogen) atoms. The lowest BCUT2D eigenvalue weighted by Gasteiger charge is -2.07. The Hall–Kier alpha value is -0.300. The van der Waals surface area contributed by atoms with Crippen molar-refractivity contribution in [1.29, 1.82) is 0 Å². The molecule has 2 aromatic carbocycles. The molecule has 0 saturated carbocycles. The van der Waals surface area contributed by atoms with E-state index in [1.165, 1.54) is 9.13 Å². The van der Waals surface area contributed by atoms with Crippen LogP contribution in [0.15, 0.2) is 48.5 Å². The molecule has 82 valence electrons. The highest BCUT2D eigenvalue weighted by Crippen LogP contribution is 2.20. The molecule has 0 bridgehead atoms. The Morgan fingerprint density at radius 3 is 2.25 bits per heavy atom. The van der Waals surface area contributed by atoms with E-state index in [9.17, 15) is 0 Å². The Balaban J connectivity index is 2.02. The quantitative estimate of drug-likeness (QED) is 0.646. The van der Waals surface area contributed by atoms with E-state index in [2.05, 4.69) is 69.4 Å². The first-order chi connectivity index (χ1) is 7.75. The van der Waals surface area contributed by atoms with Gasteiger partial charge in [0.2, 0.25) is 0 Å². The first-order valence-corrected chi connectivity index (χ1v) is 7.03. The van der Waals surface area contributed by atoms with Crippen LogP contribution in [-0.4, -0.2) is 0 Å². The van der Waals surface area contributed by atoms with E-state index in [0.717, 1.165) is 9.32 Å². The average molecular weight is 436 g/mol. The summed E-state index contributed by atoms with van der Waals surface area (Å²) < 4.78 is 8.14. The summed E-state index contributed by atoms with van der Waals surface area (Å²) in [6.07, 6.45) is 0. The lowest BCUT2D eigenvalue weighted by Crippen LogP contribution is -1.96. The van der Waals surface area contributed by atoms with Crippen LogP contribution in [0.3, 0.4) is 0 Å². The van der Waals surface area contributed by atoms with Gasteiger partial charge in [-0.1, -0.05) is 24.3 Å². The van der Waals surface area contributed by atoms with Crippen molar-refractivity contribution in [3.63, 3.8) is 0 Å². The van der Waals surface area contributed by atoms with Crippen LogP contribution < -0.4 is 4.74 Å². The molecule has 1 nitrogen and oxygen atoms in total. The number of hydrogen-bond donors (Lipinski definition) is 0. The Morgan fingerprint density at radius 1 is 0.875 bits per heavy atom. The molecule has 0 saturated heterocycles.